The minimum Gasteiger partial charge on any atom is -0.492 e. The fourth-order valence-corrected chi connectivity index (χ4v) is 2.32. The molecule has 0 amide bonds. The summed E-state index contributed by atoms with van der Waals surface area (Å²) in [6.45, 7) is 4.71. The average Bonchev–Trinajstić information content (AvgIpc) is 2.29. The molecule has 0 aromatic heterocycles. The zero-order valence-corrected chi connectivity index (χ0v) is 12.5. The molecule has 1 aromatic rings. The van der Waals surface area contributed by atoms with E-state index >= 15 is 0 Å². The van der Waals surface area contributed by atoms with Crippen molar-refractivity contribution in [3.63, 3.8) is 0 Å². The third kappa shape index (κ3) is 3.86. The number of hydrogen-bond donors (Lipinski definition) is 2. The molecule has 0 atom stereocenters. The number of sulfone groups is 1. The van der Waals surface area contributed by atoms with Crippen molar-refractivity contribution in [1.82, 2.24) is 0 Å². The van der Waals surface area contributed by atoms with E-state index in [9.17, 15) is 13.2 Å². The van der Waals surface area contributed by atoms with Gasteiger partial charge in [-0.25, -0.2) is 13.2 Å². The lowest BCUT2D eigenvalue weighted by atomic mass is 10.2. The first-order valence-electron chi connectivity index (χ1n) is 6.02. The predicted molar refractivity (Wildman–Crippen MR) is 76.8 cm³/mol. The van der Waals surface area contributed by atoms with Crippen molar-refractivity contribution in [2.45, 2.75) is 25.5 Å². The fraction of sp³-hybridized carbons (Fsp3) is 0.462. The van der Waals surface area contributed by atoms with Crippen LogP contribution < -0.4 is 10.5 Å². The molecule has 6 nitrogen and oxygen atoms in total. The molecule has 0 heterocycles. The van der Waals surface area contributed by atoms with E-state index in [4.69, 9.17) is 15.6 Å². The first-order valence-corrected chi connectivity index (χ1v) is 7.68. The number of aromatic carboxylic acids is 1. The van der Waals surface area contributed by atoms with Gasteiger partial charge < -0.3 is 15.6 Å². The van der Waals surface area contributed by atoms with Gasteiger partial charge >= 0.3 is 5.97 Å². The summed E-state index contributed by atoms with van der Waals surface area (Å²) in [6.07, 6.45) is 0. The Morgan fingerprint density at radius 2 is 1.95 bits per heavy atom. The van der Waals surface area contributed by atoms with E-state index in [0.717, 1.165) is 0 Å². The SMILES string of the molecule is CC(C)(C)S(=O)(=O)CCOc1ccc(N)cc1C(=O)O. The van der Waals surface area contributed by atoms with E-state index in [0.29, 0.717) is 5.69 Å². The molecule has 0 aliphatic heterocycles. The fourth-order valence-electron chi connectivity index (χ4n) is 1.41. The summed E-state index contributed by atoms with van der Waals surface area (Å²) in [5.41, 5.74) is 5.72. The zero-order valence-electron chi connectivity index (χ0n) is 11.7. The first kappa shape index (κ1) is 16.3. The number of carboxylic acid groups (broad SMARTS) is 1. The second kappa shape index (κ2) is 5.70. The summed E-state index contributed by atoms with van der Waals surface area (Å²) < 4.78 is 28.2. The summed E-state index contributed by atoms with van der Waals surface area (Å²) >= 11 is 0. The monoisotopic (exact) mass is 301 g/mol. The summed E-state index contributed by atoms with van der Waals surface area (Å²) in [4.78, 5) is 11.0. The molecular formula is C13H19NO5S. The lowest BCUT2D eigenvalue weighted by molar-refractivity contribution is 0.0692. The summed E-state index contributed by atoms with van der Waals surface area (Å²) in [5, 5.41) is 9.02. The molecule has 0 fully saturated rings. The highest BCUT2D eigenvalue weighted by Gasteiger charge is 2.28. The number of ether oxygens (including phenoxy) is 1. The van der Waals surface area contributed by atoms with Crippen LogP contribution >= 0.6 is 0 Å². The van der Waals surface area contributed by atoms with Gasteiger partial charge in [0, 0.05) is 5.69 Å². The lowest BCUT2D eigenvalue weighted by Crippen LogP contribution is -2.32. The maximum Gasteiger partial charge on any atom is 0.339 e. The minimum atomic E-state index is -3.31. The van der Waals surface area contributed by atoms with Crippen molar-refractivity contribution < 1.29 is 23.1 Å². The Balaban J connectivity index is 2.80. The van der Waals surface area contributed by atoms with Crippen LogP contribution in [0, 0.1) is 0 Å². The molecule has 0 aliphatic rings. The van der Waals surface area contributed by atoms with Crippen LogP contribution in [0.3, 0.4) is 0 Å². The number of benzene rings is 1. The lowest BCUT2D eigenvalue weighted by Gasteiger charge is -2.19. The highest BCUT2D eigenvalue weighted by Crippen LogP contribution is 2.22. The van der Waals surface area contributed by atoms with Crippen LogP contribution in [-0.4, -0.2) is 36.6 Å². The van der Waals surface area contributed by atoms with Crippen molar-refractivity contribution in [2.24, 2.45) is 0 Å². The molecule has 20 heavy (non-hydrogen) atoms. The predicted octanol–water partition coefficient (Wildman–Crippen LogP) is 1.56. The zero-order chi connectivity index (χ0) is 15.6. The van der Waals surface area contributed by atoms with E-state index < -0.39 is 20.6 Å². The first-order chi connectivity index (χ1) is 9.04. The summed E-state index contributed by atoms with van der Waals surface area (Å²) in [7, 11) is -3.31. The van der Waals surface area contributed by atoms with Crippen molar-refractivity contribution in [1.29, 1.82) is 0 Å². The molecule has 0 saturated carbocycles. The Morgan fingerprint density at radius 3 is 2.45 bits per heavy atom. The van der Waals surface area contributed by atoms with Crippen LogP contribution in [0.2, 0.25) is 0 Å². The quantitative estimate of drug-likeness (QED) is 0.799. The molecule has 7 heteroatoms. The van der Waals surface area contributed by atoms with Gasteiger partial charge in [-0.15, -0.1) is 0 Å². The average molecular weight is 301 g/mol. The molecule has 3 N–H and O–H groups in total. The Hall–Kier alpha value is -1.76. The minimum absolute atomic E-state index is 0.0850. The van der Waals surface area contributed by atoms with Gasteiger partial charge in [-0.1, -0.05) is 0 Å². The van der Waals surface area contributed by atoms with Crippen LogP contribution in [-0.2, 0) is 9.84 Å². The number of nitrogen functional groups attached to an aromatic ring is 1. The number of rotatable bonds is 5. The molecule has 0 aliphatic carbocycles. The van der Waals surface area contributed by atoms with Crippen molar-refractivity contribution in [3.05, 3.63) is 23.8 Å². The smallest absolute Gasteiger partial charge is 0.339 e. The highest BCUT2D eigenvalue weighted by atomic mass is 32.2. The molecule has 0 bridgehead atoms. The van der Waals surface area contributed by atoms with Crippen LogP contribution in [0.15, 0.2) is 18.2 Å². The van der Waals surface area contributed by atoms with Crippen molar-refractivity contribution in [3.8, 4) is 5.75 Å². The topological polar surface area (TPSA) is 107 Å². The van der Waals surface area contributed by atoms with Crippen LogP contribution in [0.5, 0.6) is 5.75 Å². The summed E-state index contributed by atoms with van der Waals surface area (Å²) in [6, 6.07) is 4.19. The Labute approximate surface area is 118 Å². The molecule has 1 aromatic carbocycles. The molecule has 0 radical (unpaired) electrons. The number of anilines is 1. The van der Waals surface area contributed by atoms with E-state index in [1.807, 2.05) is 0 Å². The van der Waals surface area contributed by atoms with E-state index in [2.05, 4.69) is 0 Å². The number of hydrogen-bond acceptors (Lipinski definition) is 5. The van der Waals surface area contributed by atoms with Gasteiger partial charge in [-0.05, 0) is 39.0 Å². The second-order valence-corrected chi connectivity index (χ2v) is 8.20. The normalized spacial score (nSPS) is 12.2. The van der Waals surface area contributed by atoms with Crippen molar-refractivity contribution >= 4 is 21.5 Å². The maximum atomic E-state index is 11.9. The van der Waals surface area contributed by atoms with Crippen LogP contribution in [0.25, 0.3) is 0 Å². The number of carbonyl (C=O) groups is 1. The Kier molecular flexibility index (Phi) is 4.65. The van der Waals surface area contributed by atoms with E-state index in [1.165, 1.54) is 18.2 Å². The Bertz CT molecular complexity index is 602. The third-order valence-corrected chi connectivity index (χ3v) is 5.35. The van der Waals surface area contributed by atoms with Gasteiger partial charge in [-0.2, -0.15) is 0 Å². The molecule has 112 valence electrons. The summed E-state index contributed by atoms with van der Waals surface area (Å²) in [5.74, 6) is -1.25. The maximum absolute atomic E-state index is 11.9. The van der Waals surface area contributed by atoms with Crippen LogP contribution in [0.1, 0.15) is 31.1 Å². The Morgan fingerprint density at radius 1 is 1.35 bits per heavy atom. The van der Waals surface area contributed by atoms with Gasteiger partial charge in [-0.3, -0.25) is 0 Å². The number of carboxylic acids is 1. The molecule has 0 saturated heterocycles. The number of nitrogens with two attached hydrogens (primary N) is 1. The second-order valence-electron chi connectivity index (χ2n) is 5.34. The molecule has 1 rings (SSSR count). The van der Waals surface area contributed by atoms with Gasteiger partial charge in [0.05, 0.1) is 10.5 Å². The third-order valence-electron chi connectivity index (χ3n) is 2.78. The van der Waals surface area contributed by atoms with E-state index in [-0.39, 0.29) is 23.7 Å². The van der Waals surface area contributed by atoms with Gasteiger partial charge in [0.1, 0.15) is 17.9 Å². The van der Waals surface area contributed by atoms with Crippen LogP contribution in [0.4, 0.5) is 5.69 Å². The molecule has 0 unspecified atom stereocenters. The van der Waals surface area contributed by atoms with Gasteiger partial charge in [0.15, 0.2) is 9.84 Å². The van der Waals surface area contributed by atoms with Gasteiger partial charge in [0.25, 0.3) is 0 Å². The molecular weight excluding hydrogens is 282 g/mol. The molecule has 0 spiro atoms. The highest BCUT2D eigenvalue weighted by molar-refractivity contribution is 7.92. The van der Waals surface area contributed by atoms with Crippen molar-refractivity contribution in [2.75, 3.05) is 18.1 Å². The van der Waals surface area contributed by atoms with Gasteiger partial charge in [0.2, 0.25) is 0 Å². The van der Waals surface area contributed by atoms with E-state index in [1.54, 1.807) is 20.8 Å². The standard InChI is InChI=1S/C13H19NO5S/c1-13(2,3)20(17,18)7-6-19-11-5-4-9(14)8-10(11)12(15)16/h4-5,8H,6-7,14H2,1-3H3,(H,15,16). The largest absolute Gasteiger partial charge is 0.492 e.